The van der Waals surface area contributed by atoms with E-state index in [4.69, 9.17) is 18.0 Å². The minimum atomic E-state index is 0.426. The molecule has 78 valence electrons. The molecule has 0 atom stereocenters. The predicted octanol–water partition coefficient (Wildman–Crippen LogP) is 2.03. The van der Waals surface area contributed by atoms with Gasteiger partial charge >= 0.3 is 0 Å². The van der Waals surface area contributed by atoms with Gasteiger partial charge in [0, 0.05) is 30.6 Å². The zero-order valence-corrected chi connectivity index (χ0v) is 10.1. The fraction of sp³-hybridized carbons (Fsp3) is 0.556. The van der Waals surface area contributed by atoms with Crippen LogP contribution < -0.4 is 10.6 Å². The van der Waals surface area contributed by atoms with Gasteiger partial charge in [-0.05, 0) is 13.8 Å². The van der Waals surface area contributed by atoms with Gasteiger partial charge in [-0.15, -0.1) is 11.3 Å². The maximum absolute atomic E-state index is 5.48. The summed E-state index contributed by atoms with van der Waals surface area (Å²) < 4.78 is 0. The summed E-state index contributed by atoms with van der Waals surface area (Å²) in [6.45, 7) is 5.13. The number of aromatic nitrogens is 1. The molecular weight excluding hydrogens is 214 g/mol. The molecule has 1 aromatic heterocycles. The Labute approximate surface area is 93.9 Å². The van der Waals surface area contributed by atoms with Crippen molar-refractivity contribution in [2.24, 2.45) is 5.73 Å². The molecule has 0 aliphatic heterocycles. The number of hydrogen-bond acceptors (Lipinski definition) is 4. The lowest BCUT2D eigenvalue weighted by Crippen LogP contribution is -2.33. The standard InChI is InChI=1S/C9H15N3S2/c1-7(2)12(5-3-8(10)13)9-11-4-6-14-9/h4,6-7H,3,5H2,1-2H3,(H2,10,13). The Hall–Kier alpha value is -0.680. The molecule has 3 nitrogen and oxygen atoms in total. The molecule has 0 aliphatic rings. The topological polar surface area (TPSA) is 42.1 Å². The molecule has 0 saturated carbocycles. The maximum Gasteiger partial charge on any atom is 0.185 e. The van der Waals surface area contributed by atoms with Gasteiger partial charge in [-0.1, -0.05) is 12.2 Å². The zero-order valence-electron chi connectivity index (χ0n) is 8.43. The highest BCUT2D eigenvalue weighted by Crippen LogP contribution is 2.19. The second-order valence-corrected chi connectivity index (χ2v) is 4.72. The fourth-order valence-corrected chi connectivity index (χ4v) is 2.06. The van der Waals surface area contributed by atoms with E-state index in [-0.39, 0.29) is 0 Å². The van der Waals surface area contributed by atoms with E-state index in [2.05, 4.69) is 23.7 Å². The van der Waals surface area contributed by atoms with Crippen LogP contribution in [-0.2, 0) is 0 Å². The summed E-state index contributed by atoms with van der Waals surface area (Å²) >= 11 is 6.51. The summed E-state index contributed by atoms with van der Waals surface area (Å²) in [5.74, 6) is 0. The van der Waals surface area contributed by atoms with Crippen molar-refractivity contribution in [1.82, 2.24) is 4.98 Å². The van der Waals surface area contributed by atoms with Gasteiger partial charge in [0.25, 0.3) is 0 Å². The highest BCUT2D eigenvalue weighted by Gasteiger charge is 2.12. The Morgan fingerprint density at radius 2 is 2.43 bits per heavy atom. The van der Waals surface area contributed by atoms with Gasteiger partial charge in [-0.2, -0.15) is 0 Å². The first-order valence-corrected chi connectivity index (χ1v) is 5.84. The van der Waals surface area contributed by atoms with E-state index < -0.39 is 0 Å². The van der Waals surface area contributed by atoms with Crippen molar-refractivity contribution in [3.05, 3.63) is 11.6 Å². The lowest BCUT2D eigenvalue weighted by molar-refractivity contribution is 0.688. The number of nitrogens with zero attached hydrogens (tertiary/aromatic N) is 2. The Balaban J connectivity index is 2.61. The van der Waals surface area contributed by atoms with Crippen molar-refractivity contribution < 1.29 is 0 Å². The van der Waals surface area contributed by atoms with Crippen molar-refractivity contribution in [2.45, 2.75) is 26.3 Å². The Kier molecular flexibility index (Phi) is 4.28. The number of thiazole rings is 1. The van der Waals surface area contributed by atoms with Crippen LogP contribution in [0.3, 0.4) is 0 Å². The molecule has 14 heavy (non-hydrogen) atoms. The van der Waals surface area contributed by atoms with Crippen LogP contribution in [-0.4, -0.2) is 22.6 Å². The van der Waals surface area contributed by atoms with Crippen LogP contribution in [0.4, 0.5) is 5.13 Å². The smallest absolute Gasteiger partial charge is 0.185 e. The van der Waals surface area contributed by atoms with Crippen LogP contribution in [0, 0.1) is 0 Å². The highest BCUT2D eigenvalue weighted by molar-refractivity contribution is 7.80. The van der Waals surface area contributed by atoms with Crippen molar-refractivity contribution in [3.63, 3.8) is 0 Å². The number of thiocarbonyl (C=S) groups is 1. The Morgan fingerprint density at radius 3 is 2.86 bits per heavy atom. The van der Waals surface area contributed by atoms with E-state index in [1.54, 1.807) is 11.3 Å². The van der Waals surface area contributed by atoms with Gasteiger partial charge in [0.15, 0.2) is 5.13 Å². The molecule has 1 aromatic rings. The third kappa shape index (κ3) is 3.23. The molecule has 0 fully saturated rings. The molecule has 0 bridgehead atoms. The molecule has 1 rings (SSSR count). The number of rotatable bonds is 5. The molecule has 0 radical (unpaired) electrons. The minimum absolute atomic E-state index is 0.426. The first kappa shape index (κ1) is 11.4. The summed E-state index contributed by atoms with van der Waals surface area (Å²) in [6, 6.07) is 0.426. The average Bonchev–Trinajstić information content (AvgIpc) is 2.56. The first-order chi connectivity index (χ1) is 6.61. The summed E-state index contributed by atoms with van der Waals surface area (Å²) in [6.07, 6.45) is 2.56. The number of anilines is 1. The van der Waals surface area contributed by atoms with Crippen molar-refractivity contribution in [1.29, 1.82) is 0 Å². The minimum Gasteiger partial charge on any atom is -0.393 e. The van der Waals surface area contributed by atoms with Crippen LogP contribution in [0.2, 0.25) is 0 Å². The average molecular weight is 229 g/mol. The summed E-state index contributed by atoms with van der Waals surface area (Å²) in [5.41, 5.74) is 5.48. The third-order valence-corrected chi connectivity index (χ3v) is 2.90. The van der Waals surface area contributed by atoms with Crippen molar-refractivity contribution in [2.75, 3.05) is 11.4 Å². The normalized spacial score (nSPS) is 10.5. The van der Waals surface area contributed by atoms with Crippen LogP contribution in [0.25, 0.3) is 0 Å². The molecule has 0 saturated heterocycles. The van der Waals surface area contributed by atoms with Crippen LogP contribution in [0.1, 0.15) is 20.3 Å². The van der Waals surface area contributed by atoms with Gasteiger partial charge in [0.1, 0.15) is 0 Å². The SMILES string of the molecule is CC(C)N(CCC(N)=S)c1nccs1. The van der Waals surface area contributed by atoms with Gasteiger partial charge < -0.3 is 10.6 Å². The summed E-state index contributed by atoms with van der Waals surface area (Å²) in [4.78, 5) is 7.05. The van der Waals surface area contributed by atoms with Crippen molar-refractivity contribution in [3.8, 4) is 0 Å². The Morgan fingerprint density at radius 1 is 1.71 bits per heavy atom. The second-order valence-electron chi connectivity index (χ2n) is 3.32. The largest absolute Gasteiger partial charge is 0.393 e. The summed E-state index contributed by atoms with van der Waals surface area (Å²) in [7, 11) is 0. The maximum atomic E-state index is 5.48. The predicted molar refractivity (Wildman–Crippen MR) is 66.0 cm³/mol. The molecule has 0 aliphatic carbocycles. The van der Waals surface area contributed by atoms with Gasteiger partial charge in [-0.3, -0.25) is 0 Å². The molecule has 0 amide bonds. The second kappa shape index (κ2) is 5.26. The Bertz CT molecular complexity index is 282. The van der Waals surface area contributed by atoms with E-state index in [0.717, 1.165) is 18.1 Å². The van der Waals surface area contributed by atoms with E-state index >= 15 is 0 Å². The van der Waals surface area contributed by atoms with E-state index in [1.165, 1.54) is 0 Å². The van der Waals surface area contributed by atoms with Crippen LogP contribution in [0.5, 0.6) is 0 Å². The highest BCUT2D eigenvalue weighted by atomic mass is 32.1. The van der Waals surface area contributed by atoms with E-state index in [0.29, 0.717) is 11.0 Å². The van der Waals surface area contributed by atoms with Gasteiger partial charge in [-0.25, -0.2) is 4.98 Å². The molecule has 2 N–H and O–H groups in total. The molecule has 1 heterocycles. The van der Waals surface area contributed by atoms with E-state index in [1.807, 2.05) is 11.6 Å². The molecule has 0 unspecified atom stereocenters. The van der Waals surface area contributed by atoms with Gasteiger partial charge in [0.05, 0.1) is 4.99 Å². The first-order valence-electron chi connectivity index (χ1n) is 4.55. The monoisotopic (exact) mass is 229 g/mol. The fourth-order valence-electron chi connectivity index (χ4n) is 1.16. The van der Waals surface area contributed by atoms with Gasteiger partial charge in [0.2, 0.25) is 0 Å². The van der Waals surface area contributed by atoms with Crippen LogP contribution in [0.15, 0.2) is 11.6 Å². The van der Waals surface area contributed by atoms with Crippen molar-refractivity contribution >= 4 is 33.7 Å². The lowest BCUT2D eigenvalue weighted by Gasteiger charge is -2.25. The van der Waals surface area contributed by atoms with Crippen LogP contribution >= 0.6 is 23.6 Å². The number of hydrogen-bond donors (Lipinski definition) is 1. The zero-order chi connectivity index (χ0) is 10.6. The molecule has 0 aromatic carbocycles. The third-order valence-electron chi connectivity index (χ3n) is 1.89. The quantitative estimate of drug-likeness (QED) is 0.785. The van der Waals surface area contributed by atoms with E-state index in [9.17, 15) is 0 Å². The number of nitrogens with two attached hydrogens (primary N) is 1. The molecule has 5 heteroatoms. The molecule has 0 spiro atoms. The lowest BCUT2D eigenvalue weighted by atomic mass is 10.3. The summed E-state index contributed by atoms with van der Waals surface area (Å²) in [5, 5.41) is 3.02. The molecular formula is C9H15N3S2.